The second-order valence-electron chi connectivity index (χ2n) is 4.15. The van der Waals surface area contributed by atoms with Crippen molar-refractivity contribution >= 4 is 17.2 Å². The number of benzene rings is 1. The molecule has 0 saturated carbocycles. The topological polar surface area (TPSA) is 0 Å². The lowest BCUT2D eigenvalue weighted by Gasteiger charge is -2.17. The van der Waals surface area contributed by atoms with Gasteiger partial charge in [-0.25, -0.2) is 0 Å². The van der Waals surface area contributed by atoms with Crippen LogP contribution in [-0.2, 0) is 6.42 Å². The van der Waals surface area contributed by atoms with Gasteiger partial charge in [0.05, 0.1) is 5.38 Å². The first-order valence-corrected chi connectivity index (χ1v) is 6.17. The first-order chi connectivity index (χ1) is 7.29. The SMILES string of the molecule is CCc1cccc(C2=CC(Cl)CCC2)c1. The molecular formula is C14H17Cl. The number of aryl methyl sites for hydroxylation is 1. The highest BCUT2D eigenvalue weighted by molar-refractivity contribution is 6.22. The monoisotopic (exact) mass is 220 g/mol. The molecule has 0 heterocycles. The van der Waals surface area contributed by atoms with E-state index in [2.05, 4.69) is 37.3 Å². The summed E-state index contributed by atoms with van der Waals surface area (Å²) in [4.78, 5) is 0. The van der Waals surface area contributed by atoms with Crippen molar-refractivity contribution in [2.45, 2.75) is 38.0 Å². The van der Waals surface area contributed by atoms with Crippen LogP contribution in [0.3, 0.4) is 0 Å². The molecule has 1 aromatic rings. The van der Waals surface area contributed by atoms with Gasteiger partial charge in [0.25, 0.3) is 0 Å². The van der Waals surface area contributed by atoms with Crippen molar-refractivity contribution in [2.75, 3.05) is 0 Å². The zero-order chi connectivity index (χ0) is 10.7. The van der Waals surface area contributed by atoms with Gasteiger partial charge in [0, 0.05) is 0 Å². The molecule has 0 amide bonds. The van der Waals surface area contributed by atoms with Crippen LogP contribution in [0.25, 0.3) is 5.57 Å². The molecular weight excluding hydrogens is 204 g/mol. The Hall–Kier alpha value is -0.750. The highest BCUT2D eigenvalue weighted by Crippen LogP contribution is 2.29. The summed E-state index contributed by atoms with van der Waals surface area (Å²) in [6.07, 6.45) is 6.84. The van der Waals surface area contributed by atoms with Crippen molar-refractivity contribution in [1.29, 1.82) is 0 Å². The minimum absolute atomic E-state index is 0.235. The van der Waals surface area contributed by atoms with Crippen LogP contribution >= 0.6 is 11.6 Å². The van der Waals surface area contributed by atoms with Crippen LogP contribution in [-0.4, -0.2) is 5.38 Å². The van der Waals surface area contributed by atoms with E-state index in [9.17, 15) is 0 Å². The Bertz CT molecular complexity index is 365. The number of allylic oxidation sites excluding steroid dienone is 2. The third-order valence-electron chi connectivity index (χ3n) is 3.01. The Morgan fingerprint density at radius 1 is 1.40 bits per heavy atom. The van der Waals surface area contributed by atoms with E-state index in [1.54, 1.807) is 0 Å². The van der Waals surface area contributed by atoms with E-state index in [1.165, 1.54) is 29.5 Å². The van der Waals surface area contributed by atoms with Crippen molar-refractivity contribution in [1.82, 2.24) is 0 Å². The first-order valence-electron chi connectivity index (χ1n) is 5.73. The lowest BCUT2D eigenvalue weighted by Crippen LogP contribution is -2.02. The fourth-order valence-electron chi connectivity index (χ4n) is 2.10. The summed E-state index contributed by atoms with van der Waals surface area (Å²) in [7, 11) is 0. The highest BCUT2D eigenvalue weighted by atomic mass is 35.5. The van der Waals surface area contributed by atoms with E-state index in [1.807, 2.05) is 0 Å². The zero-order valence-electron chi connectivity index (χ0n) is 9.17. The molecule has 15 heavy (non-hydrogen) atoms. The Balaban J connectivity index is 2.28. The summed E-state index contributed by atoms with van der Waals surface area (Å²) >= 11 is 6.16. The van der Waals surface area contributed by atoms with Crippen LogP contribution in [0.4, 0.5) is 0 Å². The molecule has 80 valence electrons. The van der Waals surface area contributed by atoms with Gasteiger partial charge in [-0.15, -0.1) is 11.6 Å². The summed E-state index contributed by atoms with van der Waals surface area (Å²) < 4.78 is 0. The first kappa shape index (κ1) is 10.8. The van der Waals surface area contributed by atoms with Crippen LogP contribution in [0.5, 0.6) is 0 Å². The molecule has 1 heteroatoms. The standard InChI is InChI=1S/C14H17Cl/c1-2-11-5-3-6-12(9-11)13-7-4-8-14(15)10-13/h3,5-6,9-10,14H,2,4,7-8H2,1H3. The van der Waals surface area contributed by atoms with Gasteiger partial charge in [-0.1, -0.05) is 37.3 Å². The second-order valence-corrected chi connectivity index (χ2v) is 4.71. The van der Waals surface area contributed by atoms with E-state index in [0.717, 1.165) is 12.8 Å². The van der Waals surface area contributed by atoms with Gasteiger partial charge in [-0.05, 0) is 42.4 Å². The Morgan fingerprint density at radius 2 is 2.27 bits per heavy atom. The van der Waals surface area contributed by atoms with Gasteiger partial charge in [0.1, 0.15) is 0 Å². The number of hydrogen-bond donors (Lipinski definition) is 0. The van der Waals surface area contributed by atoms with Gasteiger partial charge in [0.15, 0.2) is 0 Å². The van der Waals surface area contributed by atoms with Gasteiger partial charge in [-0.2, -0.15) is 0 Å². The van der Waals surface area contributed by atoms with Crippen molar-refractivity contribution < 1.29 is 0 Å². The Morgan fingerprint density at radius 3 is 3.00 bits per heavy atom. The van der Waals surface area contributed by atoms with Crippen LogP contribution in [0.2, 0.25) is 0 Å². The molecule has 0 aromatic heterocycles. The average molecular weight is 221 g/mol. The minimum atomic E-state index is 0.235. The maximum atomic E-state index is 6.16. The number of rotatable bonds is 2. The van der Waals surface area contributed by atoms with E-state index in [0.29, 0.717) is 0 Å². The number of hydrogen-bond acceptors (Lipinski definition) is 0. The molecule has 1 atom stereocenters. The number of alkyl halides is 1. The molecule has 1 aliphatic carbocycles. The molecule has 1 unspecified atom stereocenters. The zero-order valence-corrected chi connectivity index (χ0v) is 9.93. The summed E-state index contributed by atoms with van der Waals surface area (Å²) in [6.45, 7) is 2.19. The minimum Gasteiger partial charge on any atom is -0.118 e. The molecule has 2 rings (SSSR count). The van der Waals surface area contributed by atoms with Crippen LogP contribution in [0, 0.1) is 0 Å². The maximum absolute atomic E-state index is 6.16. The molecule has 0 bridgehead atoms. The molecule has 0 saturated heterocycles. The van der Waals surface area contributed by atoms with Crippen molar-refractivity contribution in [2.24, 2.45) is 0 Å². The molecule has 0 nitrogen and oxygen atoms in total. The van der Waals surface area contributed by atoms with Crippen LogP contribution < -0.4 is 0 Å². The summed E-state index contributed by atoms with van der Waals surface area (Å²) in [5.74, 6) is 0. The van der Waals surface area contributed by atoms with E-state index >= 15 is 0 Å². The quantitative estimate of drug-likeness (QED) is 0.648. The maximum Gasteiger partial charge on any atom is 0.0522 e. The van der Waals surface area contributed by atoms with Crippen molar-refractivity contribution in [3.63, 3.8) is 0 Å². The summed E-state index contributed by atoms with van der Waals surface area (Å²) in [6, 6.07) is 8.82. The van der Waals surface area contributed by atoms with E-state index < -0.39 is 0 Å². The fraction of sp³-hybridized carbons (Fsp3) is 0.429. The van der Waals surface area contributed by atoms with Crippen molar-refractivity contribution in [3.8, 4) is 0 Å². The summed E-state index contributed by atoms with van der Waals surface area (Å²) in [5, 5.41) is 0.235. The smallest absolute Gasteiger partial charge is 0.0522 e. The van der Waals surface area contributed by atoms with E-state index in [-0.39, 0.29) is 5.38 Å². The third kappa shape index (κ3) is 2.63. The second kappa shape index (κ2) is 4.85. The van der Waals surface area contributed by atoms with Crippen molar-refractivity contribution in [3.05, 3.63) is 41.5 Å². The van der Waals surface area contributed by atoms with E-state index in [4.69, 9.17) is 11.6 Å². The predicted octanol–water partition coefficient (Wildman–Crippen LogP) is 4.42. The molecule has 0 fully saturated rings. The fourth-order valence-corrected chi connectivity index (χ4v) is 2.41. The lowest BCUT2D eigenvalue weighted by molar-refractivity contribution is 0.747. The predicted molar refractivity (Wildman–Crippen MR) is 67.3 cm³/mol. The Labute approximate surface area is 97.0 Å². The van der Waals surface area contributed by atoms with Gasteiger partial charge in [-0.3, -0.25) is 0 Å². The van der Waals surface area contributed by atoms with Crippen LogP contribution in [0.15, 0.2) is 30.3 Å². The molecule has 0 spiro atoms. The van der Waals surface area contributed by atoms with Crippen LogP contribution in [0.1, 0.15) is 37.3 Å². The molecule has 0 N–H and O–H groups in total. The van der Waals surface area contributed by atoms with Gasteiger partial charge in [0.2, 0.25) is 0 Å². The third-order valence-corrected chi connectivity index (χ3v) is 3.36. The molecule has 0 aliphatic heterocycles. The summed E-state index contributed by atoms with van der Waals surface area (Å²) in [5.41, 5.74) is 4.20. The van der Waals surface area contributed by atoms with Gasteiger partial charge < -0.3 is 0 Å². The highest BCUT2D eigenvalue weighted by Gasteiger charge is 2.12. The normalized spacial score (nSPS) is 21.2. The molecule has 1 aromatic carbocycles. The molecule has 1 aliphatic rings. The average Bonchev–Trinajstić information content (AvgIpc) is 2.29. The largest absolute Gasteiger partial charge is 0.118 e. The Kier molecular flexibility index (Phi) is 3.48. The van der Waals surface area contributed by atoms with Gasteiger partial charge >= 0.3 is 0 Å². The number of halogens is 1. The lowest BCUT2D eigenvalue weighted by atomic mass is 9.92. The molecule has 0 radical (unpaired) electrons.